The second-order valence-electron chi connectivity index (χ2n) is 5.72. The number of aromatic hydroxyl groups is 1. The van der Waals surface area contributed by atoms with Gasteiger partial charge in [0.1, 0.15) is 18.1 Å². The Morgan fingerprint density at radius 2 is 1.41 bits per heavy atom. The molecule has 0 aromatic heterocycles. The van der Waals surface area contributed by atoms with Gasteiger partial charge in [0.05, 0.1) is 5.56 Å². The Morgan fingerprint density at radius 1 is 0.778 bits per heavy atom. The van der Waals surface area contributed by atoms with E-state index in [0.29, 0.717) is 17.9 Å². The van der Waals surface area contributed by atoms with Crippen molar-refractivity contribution in [3.8, 4) is 11.5 Å². The molecule has 0 heterocycles. The molecule has 27 heavy (non-hydrogen) atoms. The Morgan fingerprint density at radius 3 is 2.11 bits per heavy atom. The first-order chi connectivity index (χ1) is 13.1. The van der Waals surface area contributed by atoms with Crippen LogP contribution in [0.1, 0.15) is 26.3 Å². The van der Waals surface area contributed by atoms with Crippen molar-refractivity contribution in [3.63, 3.8) is 0 Å². The summed E-state index contributed by atoms with van der Waals surface area (Å²) >= 11 is 0. The zero-order valence-electron chi connectivity index (χ0n) is 14.4. The van der Waals surface area contributed by atoms with Crippen LogP contribution in [0.15, 0.2) is 78.9 Å². The number of nitrogens with one attached hydrogen (secondary N) is 2. The van der Waals surface area contributed by atoms with Gasteiger partial charge in [-0.1, -0.05) is 42.5 Å². The quantitative estimate of drug-likeness (QED) is 0.609. The zero-order valence-corrected chi connectivity index (χ0v) is 14.4. The number of carbonyl (C=O) groups is 2. The monoisotopic (exact) mass is 362 g/mol. The molecule has 3 aromatic rings. The number of rotatable bonds is 5. The van der Waals surface area contributed by atoms with E-state index in [1.54, 1.807) is 36.4 Å². The van der Waals surface area contributed by atoms with Gasteiger partial charge in [-0.2, -0.15) is 0 Å². The molecule has 0 unspecified atom stereocenters. The molecule has 6 heteroatoms. The molecule has 0 aliphatic carbocycles. The minimum Gasteiger partial charge on any atom is -0.507 e. The highest BCUT2D eigenvalue weighted by Gasteiger charge is 2.12. The molecule has 0 radical (unpaired) electrons. The fourth-order valence-electron chi connectivity index (χ4n) is 2.36. The van der Waals surface area contributed by atoms with E-state index in [1.165, 1.54) is 12.1 Å². The van der Waals surface area contributed by atoms with Crippen LogP contribution in [0.4, 0.5) is 0 Å². The van der Waals surface area contributed by atoms with Crippen LogP contribution < -0.4 is 15.6 Å². The lowest BCUT2D eigenvalue weighted by molar-refractivity contribution is 0.0845. The first-order valence-corrected chi connectivity index (χ1v) is 8.29. The third-order valence-electron chi connectivity index (χ3n) is 3.80. The number of ether oxygens (including phenoxy) is 1. The van der Waals surface area contributed by atoms with Crippen LogP contribution in [0, 0.1) is 0 Å². The maximum Gasteiger partial charge on any atom is 0.273 e. The van der Waals surface area contributed by atoms with Crippen molar-refractivity contribution < 1.29 is 19.4 Å². The van der Waals surface area contributed by atoms with Crippen LogP contribution in [0.5, 0.6) is 11.5 Å². The molecule has 6 nitrogen and oxygen atoms in total. The number of hydrogen-bond acceptors (Lipinski definition) is 4. The maximum absolute atomic E-state index is 12.1. The van der Waals surface area contributed by atoms with Crippen molar-refractivity contribution in [3.05, 3.63) is 95.6 Å². The Bertz CT molecular complexity index is 924. The fraction of sp³-hybridized carbons (Fsp3) is 0.0476. The van der Waals surface area contributed by atoms with Gasteiger partial charge in [-0.3, -0.25) is 20.4 Å². The molecule has 0 atom stereocenters. The Balaban J connectivity index is 1.53. The van der Waals surface area contributed by atoms with E-state index < -0.39 is 11.8 Å². The van der Waals surface area contributed by atoms with E-state index in [-0.39, 0.29) is 11.3 Å². The largest absolute Gasteiger partial charge is 0.507 e. The molecule has 3 rings (SSSR count). The normalized spacial score (nSPS) is 10.1. The van der Waals surface area contributed by atoms with Gasteiger partial charge in [-0.15, -0.1) is 0 Å². The highest BCUT2D eigenvalue weighted by atomic mass is 16.5. The van der Waals surface area contributed by atoms with Gasteiger partial charge in [0, 0.05) is 5.56 Å². The molecular weight excluding hydrogens is 344 g/mol. The highest BCUT2D eigenvalue weighted by Crippen LogP contribution is 2.15. The molecule has 2 amide bonds. The molecule has 0 aliphatic rings. The van der Waals surface area contributed by atoms with Gasteiger partial charge in [-0.05, 0) is 42.0 Å². The molecule has 3 aromatic carbocycles. The lowest BCUT2D eigenvalue weighted by Gasteiger charge is -2.09. The van der Waals surface area contributed by atoms with Gasteiger partial charge in [0.15, 0.2) is 0 Å². The molecule has 0 saturated carbocycles. The van der Waals surface area contributed by atoms with Gasteiger partial charge in [0.2, 0.25) is 0 Å². The standard InChI is InChI=1S/C21H18N2O4/c24-19-9-5-4-8-18(19)21(26)23-22-20(25)16-10-12-17(13-11-16)27-14-15-6-2-1-3-7-15/h1-13,24H,14H2,(H,22,25)(H,23,26). The van der Waals surface area contributed by atoms with Crippen molar-refractivity contribution in [1.29, 1.82) is 0 Å². The van der Waals surface area contributed by atoms with Gasteiger partial charge in [0.25, 0.3) is 11.8 Å². The smallest absolute Gasteiger partial charge is 0.273 e. The number of phenolic OH excluding ortho intramolecular Hbond substituents is 1. The van der Waals surface area contributed by atoms with Crippen LogP contribution in [0.25, 0.3) is 0 Å². The Kier molecular flexibility index (Phi) is 5.69. The number of amides is 2. The lowest BCUT2D eigenvalue weighted by atomic mass is 10.2. The Hall–Kier alpha value is -3.80. The Labute approximate surface area is 156 Å². The predicted octanol–water partition coefficient (Wildman–Crippen LogP) is 3.05. The summed E-state index contributed by atoms with van der Waals surface area (Å²) in [6, 6.07) is 22.4. The minimum absolute atomic E-state index is 0.0717. The number of para-hydroxylation sites is 1. The predicted molar refractivity (Wildman–Crippen MR) is 100 cm³/mol. The average molecular weight is 362 g/mol. The summed E-state index contributed by atoms with van der Waals surface area (Å²) < 4.78 is 5.67. The number of benzene rings is 3. The van der Waals surface area contributed by atoms with Gasteiger partial charge >= 0.3 is 0 Å². The molecule has 0 bridgehead atoms. The van der Waals surface area contributed by atoms with E-state index >= 15 is 0 Å². The van der Waals surface area contributed by atoms with E-state index in [1.807, 2.05) is 30.3 Å². The third-order valence-corrected chi connectivity index (χ3v) is 3.80. The summed E-state index contributed by atoms with van der Waals surface area (Å²) in [4.78, 5) is 24.1. The van der Waals surface area contributed by atoms with Crippen molar-refractivity contribution in [2.75, 3.05) is 0 Å². The summed E-state index contributed by atoms with van der Waals surface area (Å²) in [6.45, 7) is 0.434. The first-order valence-electron chi connectivity index (χ1n) is 8.29. The van der Waals surface area contributed by atoms with Crippen LogP contribution in [-0.4, -0.2) is 16.9 Å². The molecule has 0 fully saturated rings. The van der Waals surface area contributed by atoms with Crippen molar-refractivity contribution >= 4 is 11.8 Å². The summed E-state index contributed by atoms with van der Waals surface area (Å²) in [5.41, 5.74) is 6.06. The first kappa shape index (κ1) is 18.0. The van der Waals surface area contributed by atoms with Crippen molar-refractivity contribution in [1.82, 2.24) is 10.9 Å². The van der Waals surface area contributed by atoms with Gasteiger partial charge < -0.3 is 9.84 Å². The minimum atomic E-state index is -0.607. The van der Waals surface area contributed by atoms with E-state index in [9.17, 15) is 14.7 Å². The SMILES string of the molecule is O=C(NNC(=O)c1ccccc1O)c1ccc(OCc2ccccc2)cc1. The summed E-state index contributed by atoms with van der Waals surface area (Å²) in [6.07, 6.45) is 0. The summed E-state index contributed by atoms with van der Waals surface area (Å²) in [5, 5.41) is 9.64. The highest BCUT2D eigenvalue weighted by molar-refractivity contribution is 6.00. The zero-order chi connectivity index (χ0) is 19.1. The van der Waals surface area contributed by atoms with E-state index in [0.717, 1.165) is 5.56 Å². The van der Waals surface area contributed by atoms with Crippen molar-refractivity contribution in [2.24, 2.45) is 0 Å². The number of carbonyl (C=O) groups excluding carboxylic acids is 2. The van der Waals surface area contributed by atoms with Crippen LogP contribution in [0.2, 0.25) is 0 Å². The maximum atomic E-state index is 12.1. The van der Waals surface area contributed by atoms with Crippen LogP contribution in [0.3, 0.4) is 0 Å². The van der Waals surface area contributed by atoms with Crippen molar-refractivity contribution in [2.45, 2.75) is 6.61 Å². The number of hydrogen-bond donors (Lipinski definition) is 3. The second kappa shape index (κ2) is 8.53. The number of phenols is 1. The summed E-state index contributed by atoms with van der Waals surface area (Å²) in [5.74, 6) is -0.615. The van der Waals surface area contributed by atoms with Crippen LogP contribution >= 0.6 is 0 Å². The van der Waals surface area contributed by atoms with Gasteiger partial charge in [-0.25, -0.2) is 0 Å². The van der Waals surface area contributed by atoms with Crippen LogP contribution in [-0.2, 0) is 6.61 Å². The topological polar surface area (TPSA) is 87.7 Å². The molecule has 0 saturated heterocycles. The third kappa shape index (κ3) is 4.85. The molecule has 0 spiro atoms. The van der Waals surface area contributed by atoms with E-state index in [2.05, 4.69) is 10.9 Å². The fourth-order valence-corrected chi connectivity index (χ4v) is 2.36. The second-order valence-corrected chi connectivity index (χ2v) is 5.72. The molecular formula is C21H18N2O4. The average Bonchev–Trinajstić information content (AvgIpc) is 2.72. The lowest BCUT2D eigenvalue weighted by Crippen LogP contribution is -2.41. The molecule has 136 valence electrons. The summed E-state index contributed by atoms with van der Waals surface area (Å²) in [7, 11) is 0. The van der Waals surface area contributed by atoms with E-state index in [4.69, 9.17) is 4.74 Å². The molecule has 0 aliphatic heterocycles. The number of hydrazine groups is 1. The molecule has 3 N–H and O–H groups in total.